The minimum absolute atomic E-state index is 0.0726. The summed E-state index contributed by atoms with van der Waals surface area (Å²) in [6.07, 6.45) is 0. The molecule has 0 bridgehead atoms. The van der Waals surface area contributed by atoms with Crippen LogP contribution in [0.5, 0.6) is 11.5 Å². The van der Waals surface area contributed by atoms with Crippen molar-refractivity contribution in [3.63, 3.8) is 0 Å². The molecule has 0 aliphatic carbocycles. The Bertz CT molecular complexity index is 1410. The van der Waals surface area contributed by atoms with Gasteiger partial charge in [0.1, 0.15) is 11.5 Å². The second kappa shape index (κ2) is 10.7. The molecule has 0 spiro atoms. The van der Waals surface area contributed by atoms with E-state index in [2.05, 4.69) is 37.5 Å². The highest BCUT2D eigenvalue weighted by Gasteiger charge is 2.21. The van der Waals surface area contributed by atoms with Gasteiger partial charge >= 0.3 is 0 Å². The van der Waals surface area contributed by atoms with Crippen molar-refractivity contribution in [1.29, 1.82) is 0 Å². The van der Waals surface area contributed by atoms with E-state index in [1.807, 2.05) is 30.5 Å². The van der Waals surface area contributed by atoms with Crippen LogP contribution >= 0.6 is 39.3 Å². The van der Waals surface area contributed by atoms with Gasteiger partial charge in [0, 0.05) is 9.50 Å². The Morgan fingerprint density at radius 2 is 1.94 bits per heavy atom. The van der Waals surface area contributed by atoms with Crippen LogP contribution in [-0.4, -0.2) is 38.6 Å². The number of carbonyl (C=O) groups excluding carboxylic acids is 1. The average molecular weight is 574 g/mol. The van der Waals surface area contributed by atoms with E-state index in [4.69, 9.17) is 16.3 Å². The van der Waals surface area contributed by atoms with Gasteiger partial charge in [0.25, 0.3) is 0 Å². The molecule has 0 aliphatic heterocycles. The van der Waals surface area contributed by atoms with Gasteiger partial charge in [-0.2, -0.15) is 0 Å². The van der Waals surface area contributed by atoms with Gasteiger partial charge in [-0.3, -0.25) is 9.36 Å². The van der Waals surface area contributed by atoms with Crippen molar-refractivity contribution < 1.29 is 14.6 Å². The highest BCUT2D eigenvalue weighted by molar-refractivity contribution is 9.10. The Kier molecular flexibility index (Phi) is 7.69. The van der Waals surface area contributed by atoms with Crippen molar-refractivity contribution in [3.8, 4) is 28.6 Å². The van der Waals surface area contributed by atoms with Gasteiger partial charge in [0.2, 0.25) is 5.91 Å². The third kappa shape index (κ3) is 5.63. The molecule has 0 saturated carbocycles. The molecule has 0 saturated heterocycles. The Morgan fingerprint density at radius 1 is 1.14 bits per heavy atom. The number of thioether (sulfide) groups is 1. The second-order valence-corrected chi connectivity index (χ2v) is 10.1. The average Bonchev–Trinajstić information content (AvgIpc) is 3.23. The minimum Gasteiger partial charge on any atom is -0.507 e. The van der Waals surface area contributed by atoms with E-state index in [0.717, 1.165) is 21.3 Å². The first kappa shape index (κ1) is 25.1. The van der Waals surface area contributed by atoms with Gasteiger partial charge < -0.3 is 15.2 Å². The van der Waals surface area contributed by atoms with Gasteiger partial charge in [-0.1, -0.05) is 57.0 Å². The number of ether oxygens (including phenoxy) is 1. The van der Waals surface area contributed by atoms with Crippen molar-refractivity contribution in [2.24, 2.45) is 0 Å². The first-order valence-electron chi connectivity index (χ1n) is 10.5. The summed E-state index contributed by atoms with van der Waals surface area (Å²) >= 11 is 10.8. The van der Waals surface area contributed by atoms with Gasteiger partial charge in [-0.25, -0.2) is 0 Å². The number of aryl methyl sites for hydroxylation is 2. The minimum atomic E-state index is -0.252. The van der Waals surface area contributed by atoms with E-state index in [1.54, 1.807) is 36.4 Å². The molecule has 0 radical (unpaired) electrons. The summed E-state index contributed by atoms with van der Waals surface area (Å²) in [5.74, 6) is 0.878. The predicted molar refractivity (Wildman–Crippen MR) is 143 cm³/mol. The van der Waals surface area contributed by atoms with E-state index >= 15 is 0 Å². The monoisotopic (exact) mass is 572 g/mol. The number of amides is 1. The van der Waals surface area contributed by atoms with Crippen LogP contribution in [0.25, 0.3) is 17.1 Å². The maximum atomic E-state index is 12.8. The zero-order valence-corrected chi connectivity index (χ0v) is 22.3. The fraction of sp³-hybridized carbons (Fsp3) is 0.160. The van der Waals surface area contributed by atoms with Crippen molar-refractivity contribution >= 4 is 50.9 Å². The number of phenolic OH excluding ortho intramolecular Hbond substituents is 1. The number of phenols is 1. The molecule has 0 unspecified atom stereocenters. The molecule has 1 heterocycles. The summed E-state index contributed by atoms with van der Waals surface area (Å²) in [6, 6.07) is 16.2. The zero-order chi connectivity index (χ0) is 25.1. The fourth-order valence-corrected chi connectivity index (χ4v) is 4.87. The third-order valence-electron chi connectivity index (χ3n) is 5.19. The molecule has 1 amide bonds. The molecule has 3 aromatic carbocycles. The number of halogens is 2. The molecule has 10 heteroatoms. The number of hydrogen-bond donors (Lipinski definition) is 2. The number of benzene rings is 3. The summed E-state index contributed by atoms with van der Waals surface area (Å²) in [5, 5.41) is 23.1. The van der Waals surface area contributed by atoms with Crippen molar-refractivity contribution in [2.75, 3.05) is 18.2 Å². The van der Waals surface area contributed by atoms with E-state index in [9.17, 15) is 9.90 Å². The van der Waals surface area contributed by atoms with Crippen LogP contribution in [0.3, 0.4) is 0 Å². The lowest BCUT2D eigenvalue weighted by Gasteiger charge is -2.14. The number of methoxy groups -OCH3 is 1. The van der Waals surface area contributed by atoms with Crippen LogP contribution in [-0.2, 0) is 4.79 Å². The number of nitrogens with zero attached hydrogens (tertiary/aromatic N) is 3. The first-order chi connectivity index (χ1) is 16.8. The predicted octanol–water partition coefficient (Wildman–Crippen LogP) is 6.41. The topological polar surface area (TPSA) is 89.3 Å². The Morgan fingerprint density at radius 3 is 2.69 bits per heavy atom. The SMILES string of the molecule is COc1ccc(Cl)cc1NC(=O)CSc1nnc(-c2cc(Br)ccc2O)n1-c1ccc(C)cc1C. The lowest BCUT2D eigenvalue weighted by atomic mass is 10.1. The molecule has 4 aromatic rings. The molecular formula is C25H22BrClN4O3S. The largest absolute Gasteiger partial charge is 0.507 e. The van der Waals surface area contributed by atoms with E-state index in [-0.39, 0.29) is 17.4 Å². The smallest absolute Gasteiger partial charge is 0.234 e. The maximum Gasteiger partial charge on any atom is 0.234 e. The van der Waals surface area contributed by atoms with E-state index in [1.165, 1.54) is 18.9 Å². The number of anilines is 1. The summed E-state index contributed by atoms with van der Waals surface area (Å²) in [5.41, 5.74) is 3.99. The summed E-state index contributed by atoms with van der Waals surface area (Å²) in [7, 11) is 1.53. The Hall–Kier alpha value is -3.01. The number of carbonyl (C=O) groups is 1. The highest BCUT2D eigenvalue weighted by atomic mass is 79.9. The summed E-state index contributed by atoms with van der Waals surface area (Å²) in [4.78, 5) is 12.8. The molecule has 0 aliphatic rings. The normalized spacial score (nSPS) is 10.9. The van der Waals surface area contributed by atoms with Crippen molar-refractivity contribution in [3.05, 3.63) is 75.2 Å². The number of aromatic nitrogens is 3. The molecule has 0 fully saturated rings. The van der Waals surface area contributed by atoms with E-state index < -0.39 is 0 Å². The fourth-order valence-electron chi connectivity index (χ4n) is 3.59. The molecule has 7 nitrogen and oxygen atoms in total. The molecular weight excluding hydrogens is 552 g/mol. The van der Waals surface area contributed by atoms with Gasteiger partial charge in [-0.05, 0) is 61.9 Å². The van der Waals surface area contributed by atoms with E-state index in [0.29, 0.717) is 33.0 Å². The number of hydrogen-bond acceptors (Lipinski definition) is 6. The summed E-state index contributed by atoms with van der Waals surface area (Å²) < 4.78 is 7.95. The quantitative estimate of drug-likeness (QED) is 0.248. The van der Waals surface area contributed by atoms with Gasteiger partial charge in [0.15, 0.2) is 11.0 Å². The summed E-state index contributed by atoms with van der Waals surface area (Å²) in [6.45, 7) is 4.02. The van der Waals surface area contributed by atoms with Crippen LogP contribution in [0.4, 0.5) is 5.69 Å². The molecule has 4 rings (SSSR count). The number of aromatic hydroxyl groups is 1. The van der Waals surface area contributed by atoms with Crippen LogP contribution in [0.15, 0.2) is 64.2 Å². The van der Waals surface area contributed by atoms with Crippen LogP contribution in [0.2, 0.25) is 5.02 Å². The standard InChI is InChI=1S/C25H22BrClN4O3S/c1-14-4-7-20(15(2)10-14)31-24(18-11-16(26)5-8-21(18)32)29-30-25(31)35-13-23(33)28-19-12-17(27)6-9-22(19)34-3/h4-12,32H,13H2,1-3H3,(H,28,33). The first-order valence-corrected chi connectivity index (χ1v) is 12.7. The molecule has 1 aromatic heterocycles. The molecule has 2 N–H and O–H groups in total. The Labute approximate surface area is 220 Å². The lowest BCUT2D eigenvalue weighted by molar-refractivity contribution is -0.113. The molecule has 0 atom stereocenters. The van der Waals surface area contributed by atoms with Gasteiger partial charge in [0.05, 0.1) is 29.8 Å². The van der Waals surface area contributed by atoms with Gasteiger partial charge in [-0.15, -0.1) is 10.2 Å². The van der Waals surface area contributed by atoms with Crippen LogP contribution in [0.1, 0.15) is 11.1 Å². The maximum absolute atomic E-state index is 12.8. The highest BCUT2D eigenvalue weighted by Crippen LogP contribution is 2.36. The van der Waals surface area contributed by atoms with Crippen LogP contribution < -0.4 is 10.1 Å². The van der Waals surface area contributed by atoms with Crippen LogP contribution in [0, 0.1) is 13.8 Å². The van der Waals surface area contributed by atoms with Crippen molar-refractivity contribution in [2.45, 2.75) is 19.0 Å². The molecule has 35 heavy (non-hydrogen) atoms. The van der Waals surface area contributed by atoms with Crippen molar-refractivity contribution in [1.82, 2.24) is 14.8 Å². The lowest BCUT2D eigenvalue weighted by Crippen LogP contribution is -2.15. The zero-order valence-electron chi connectivity index (χ0n) is 19.2. The number of rotatable bonds is 7. The Balaban J connectivity index is 1.68. The molecule has 180 valence electrons. The number of nitrogens with one attached hydrogen (secondary N) is 1. The third-order valence-corrected chi connectivity index (χ3v) is 6.85. The second-order valence-electron chi connectivity index (χ2n) is 7.77.